The Bertz CT molecular complexity index is 1230. The first-order valence-electron chi connectivity index (χ1n) is 15.8. The van der Waals surface area contributed by atoms with E-state index in [9.17, 15) is 0 Å². The molecule has 4 aromatic carbocycles. The first-order valence-corrected chi connectivity index (χ1v) is 23.6. The Morgan fingerprint density at radius 1 is 0.643 bits per heavy atom. The van der Waals surface area contributed by atoms with Crippen LogP contribution in [-0.4, -0.2) is 27.6 Å². The van der Waals surface area contributed by atoms with Crippen molar-refractivity contribution in [2.24, 2.45) is 0 Å². The Balaban J connectivity index is 0.000000376. The van der Waals surface area contributed by atoms with E-state index in [1.807, 2.05) is 0 Å². The number of hydrogen-bond acceptors (Lipinski definition) is 2. The van der Waals surface area contributed by atoms with Crippen molar-refractivity contribution in [3.05, 3.63) is 71.8 Å². The van der Waals surface area contributed by atoms with Gasteiger partial charge in [-0.05, 0) is 61.4 Å². The van der Waals surface area contributed by atoms with Crippen molar-refractivity contribution in [2.75, 3.05) is 0 Å². The van der Waals surface area contributed by atoms with Gasteiger partial charge < -0.3 is 8.85 Å². The van der Waals surface area contributed by atoms with E-state index >= 15 is 0 Å². The molecule has 0 bridgehead atoms. The summed E-state index contributed by atoms with van der Waals surface area (Å²) in [7, 11) is -1.43. The summed E-state index contributed by atoms with van der Waals surface area (Å²) in [5.74, 6) is 2.30. The third-order valence-corrected chi connectivity index (χ3v) is 8.83. The third kappa shape index (κ3) is 10.5. The van der Waals surface area contributed by atoms with Gasteiger partial charge in [0, 0.05) is 9.52 Å². The van der Waals surface area contributed by atoms with Crippen LogP contribution in [0.1, 0.15) is 78.4 Å². The quantitative estimate of drug-likeness (QED) is 0.121. The Labute approximate surface area is 283 Å². The summed E-state index contributed by atoms with van der Waals surface area (Å²) in [6.07, 6.45) is 4.79. The van der Waals surface area contributed by atoms with Crippen LogP contribution in [0.15, 0.2) is 60.7 Å². The maximum absolute atomic E-state index is 6.27. The third-order valence-electron chi connectivity index (χ3n) is 7.42. The SMILES string of the molecule is CCCC(C)(C)c1[cH-]c2ccccc2c1O[SiH](C)C.CCCC(C)(C)c1[cH-]c2ccccc2c1O[SiH](C)C.C[SiH]C.[Zr+2]. The van der Waals surface area contributed by atoms with Crippen LogP contribution >= 0.6 is 0 Å². The molecule has 1 radical (unpaired) electrons. The fraction of sp³-hybridized carbons (Fsp3) is 0.500. The Morgan fingerprint density at radius 3 is 1.24 bits per heavy atom. The van der Waals surface area contributed by atoms with Gasteiger partial charge >= 0.3 is 26.2 Å². The molecular formula is C36H57O2Si3Zr. The minimum atomic E-state index is -1.09. The maximum atomic E-state index is 6.27. The smallest absolute Gasteiger partial charge is 0.596 e. The molecule has 0 aliphatic rings. The van der Waals surface area contributed by atoms with E-state index in [2.05, 4.69) is 141 Å². The maximum Gasteiger partial charge on any atom is 2.00 e. The second-order valence-electron chi connectivity index (χ2n) is 13.1. The molecule has 229 valence electrons. The van der Waals surface area contributed by atoms with E-state index < -0.39 is 18.1 Å². The van der Waals surface area contributed by atoms with Crippen molar-refractivity contribution in [1.29, 1.82) is 0 Å². The van der Waals surface area contributed by atoms with Crippen LogP contribution < -0.4 is 8.85 Å². The van der Waals surface area contributed by atoms with Crippen molar-refractivity contribution in [3.8, 4) is 11.5 Å². The van der Waals surface area contributed by atoms with E-state index in [0.717, 1.165) is 21.0 Å². The monoisotopic (exact) mass is 695 g/mol. The average molecular weight is 697 g/mol. The fourth-order valence-electron chi connectivity index (χ4n) is 5.64. The summed E-state index contributed by atoms with van der Waals surface area (Å²) in [5.41, 5.74) is 3.15. The Kier molecular flexibility index (Phi) is 16.6. The predicted molar refractivity (Wildman–Crippen MR) is 193 cm³/mol. The number of fused-ring (bicyclic) bond motifs is 2. The summed E-state index contributed by atoms with van der Waals surface area (Å²) in [6, 6.07) is 21.8. The van der Waals surface area contributed by atoms with E-state index in [1.165, 1.54) is 58.4 Å². The predicted octanol–water partition coefficient (Wildman–Crippen LogP) is 10.5. The van der Waals surface area contributed by atoms with Crippen molar-refractivity contribution >= 4 is 49.1 Å². The average Bonchev–Trinajstić information content (AvgIpc) is 3.44. The van der Waals surface area contributed by atoms with Crippen LogP contribution in [0.4, 0.5) is 0 Å². The number of benzene rings is 2. The Morgan fingerprint density at radius 2 is 0.952 bits per heavy atom. The van der Waals surface area contributed by atoms with Gasteiger partial charge in [-0.3, -0.25) is 0 Å². The molecule has 0 aliphatic carbocycles. The normalized spacial score (nSPS) is 11.6. The molecule has 0 N–H and O–H groups in total. The molecule has 0 fully saturated rings. The van der Waals surface area contributed by atoms with Gasteiger partial charge in [0.1, 0.15) is 0 Å². The van der Waals surface area contributed by atoms with Crippen LogP contribution in [0.5, 0.6) is 11.5 Å². The molecule has 0 unspecified atom stereocenters. The molecule has 0 amide bonds. The molecule has 0 atom stereocenters. The van der Waals surface area contributed by atoms with Crippen LogP contribution in [0, 0.1) is 0 Å². The van der Waals surface area contributed by atoms with Crippen LogP contribution in [0.25, 0.3) is 21.5 Å². The molecule has 0 spiro atoms. The van der Waals surface area contributed by atoms with Crippen molar-refractivity contribution < 1.29 is 35.1 Å². The van der Waals surface area contributed by atoms with Gasteiger partial charge in [-0.15, -0.1) is 70.1 Å². The molecule has 42 heavy (non-hydrogen) atoms. The van der Waals surface area contributed by atoms with Gasteiger partial charge in [-0.1, -0.05) is 90.7 Å². The molecule has 4 aromatic rings. The summed E-state index contributed by atoms with van der Waals surface area (Å²) < 4.78 is 12.5. The summed E-state index contributed by atoms with van der Waals surface area (Å²) >= 11 is 0. The summed E-state index contributed by atoms with van der Waals surface area (Å²) in [4.78, 5) is 0. The molecule has 0 saturated heterocycles. The van der Waals surface area contributed by atoms with E-state index in [0.29, 0.717) is 0 Å². The standard InChI is InChI=1S/2C17H25OSi.C2H7Si.Zr/c2*1-6-11-17(2,3)15-12-13-9-7-8-10-14(13)16(15)18-19(4)5;1-3-2;/h2*7-10,12,19H,6,11H2,1-5H3;3H,1-2H3;/q2*-1;;+2. The van der Waals surface area contributed by atoms with Crippen LogP contribution in [-0.2, 0) is 37.0 Å². The molecular weight excluding hydrogens is 640 g/mol. The zero-order valence-corrected chi connectivity index (χ0v) is 34.6. The van der Waals surface area contributed by atoms with Gasteiger partial charge in [0.15, 0.2) is 0 Å². The second-order valence-corrected chi connectivity index (χ2v) is 18.9. The van der Waals surface area contributed by atoms with Gasteiger partial charge in [-0.2, -0.15) is 0 Å². The topological polar surface area (TPSA) is 18.5 Å². The molecule has 0 saturated carbocycles. The summed E-state index contributed by atoms with van der Waals surface area (Å²) in [5, 5.41) is 5.18. The molecule has 0 heterocycles. The fourth-order valence-corrected chi connectivity index (χ4v) is 7.09. The zero-order chi connectivity index (χ0) is 30.8. The van der Waals surface area contributed by atoms with Crippen LogP contribution in [0.3, 0.4) is 0 Å². The largest absolute Gasteiger partial charge is 2.00 e. The van der Waals surface area contributed by atoms with Crippen LogP contribution in [0.2, 0.25) is 39.3 Å². The number of rotatable bonds is 10. The molecule has 2 nitrogen and oxygen atoms in total. The zero-order valence-electron chi connectivity index (χ0n) is 28.7. The molecule has 0 aromatic heterocycles. The molecule has 4 rings (SSSR count). The van der Waals surface area contributed by atoms with Gasteiger partial charge in [-0.25, -0.2) is 0 Å². The first kappa shape index (κ1) is 38.8. The molecule has 0 aliphatic heterocycles. The van der Waals surface area contributed by atoms with E-state index in [-0.39, 0.29) is 37.0 Å². The van der Waals surface area contributed by atoms with Crippen molar-refractivity contribution in [1.82, 2.24) is 0 Å². The Hall–Kier alpha value is -1.21. The molecule has 6 heteroatoms. The van der Waals surface area contributed by atoms with E-state index in [1.54, 1.807) is 0 Å². The van der Waals surface area contributed by atoms with Crippen molar-refractivity contribution in [2.45, 2.75) is 117 Å². The minimum absolute atomic E-state index is 0. The van der Waals surface area contributed by atoms with E-state index in [4.69, 9.17) is 8.85 Å². The van der Waals surface area contributed by atoms with Gasteiger partial charge in [0.2, 0.25) is 18.1 Å². The van der Waals surface area contributed by atoms with Gasteiger partial charge in [0.05, 0.1) is 0 Å². The second kappa shape index (κ2) is 17.9. The minimum Gasteiger partial charge on any atom is -0.596 e. The van der Waals surface area contributed by atoms with Gasteiger partial charge in [0.25, 0.3) is 0 Å². The number of hydrogen-bond donors (Lipinski definition) is 0. The van der Waals surface area contributed by atoms with Crippen molar-refractivity contribution in [3.63, 3.8) is 0 Å². The first-order chi connectivity index (χ1) is 19.3. The summed E-state index contributed by atoms with van der Waals surface area (Å²) in [6.45, 7) is 27.2.